The molecule has 16 heavy (non-hydrogen) atoms. The minimum Gasteiger partial charge on any atom is -0.481 e. The predicted octanol–water partition coefficient (Wildman–Crippen LogP) is 3.72. The Balaban J connectivity index is 0.000000509. The first kappa shape index (κ1) is 14.9. The van der Waals surface area contributed by atoms with Crippen molar-refractivity contribution >= 4 is 0 Å². The van der Waals surface area contributed by atoms with Crippen molar-refractivity contribution in [3.05, 3.63) is 17.6 Å². The SMILES string of the molecule is CC.CC.COc1ncnc(C2CC2)c1C. The van der Waals surface area contributed by atoms with Gasteiger partial charge < -0.3 is 4.74 Å². The molecule has 92 valence electrons. The summed E-state index contributed by atoms with van der Waals surface area (Å²) in [4.78, 5) is 8.29. The van der Waals surface area contributed by atoms with Crippen molar-refractivity contribution < 1.29 is 4.74 Å². The van der Waals surface area contributed by atoms with E-state index in [1.807, 2.05) is 34.6 Å². The highest BCUT2D eigenvalue weighted by atomic mass is 16.5. The van der Waals surface area contributed by atoms with E-state index in [0.29, 0.717) is 11.8 Å². The van der Waals surface area contributed by atoms with Gasteiger partial charge in [-0.25, -0.2) is 9.97 Å². The standard InChI is InChI=1S/C9H12N2O.2C2H6/c1-6-8(7-3-4-7)10-5-11-9(6)12-2;2*1-2/h5,7H,3-4H2,1-2H3;2*1-2H3. The van der Waals surface area contributed by atoms with E-state index in [0.717, 1.165) is 5.56 Å². The van der Waals surface area contributed by atoms with Crippen LogP contribution in [0.3, 0.4) is 0 Å². The van der Waals surface area contributed by atoms with Gasteiger partial charge in [0.1, 0.15) is 6.33 Å². The molecule has 1 aliphatic rings. The number of hydrogen-bond acceptors (Lipinski definition) is 3. The molecule has 0 aromatic carbocycles. The van der Waals surface area contributed by atoms with Crippen molar-refractivity contribution in [3.8, 4) is 5.88 Å². The number of ether oxygens (including phenoxy) is 1. The van der Waals surface area contributed by atoms with E-state index in [-0.39, 0.29) is 0 Å². The highest BCUT2D eigenvalue weighted by Crippen LogP contribution is 2.41. The van der Waals surface area contributed by atoms with E-state index in [2.05, 4.69) is 9.97 Å². The highest BCUT2D eigenvalue weighted by Gasteiger charge is 2.27. The first-order valence-corrected chi connectivity index (χ1v) is 6.18. The Morgan fingerprint density at radius 3 is 2.12 bits per heavy atom. The second-order valence-corrected chi connectivity index (χ2v) is 3.17. The summed E-state index contributed by atoms with van der Waals surface area (Å²) < 4.78 is 5.11. The molecule has 0 amide bonds. The molecular weight excluding hydrogens is 200 g/mol. The third kappa shape index (κ3) is 3.80. The van der Waals surface area contributed by atoms with E-state index in [1.54, 1.807) is 13.4 Å². The molecule has 0 saturated heterocycles. The average molecular weight is 224 g/mol. The normalized spacial score (nSPS) is 12.9. The zero-order valence-corrected chi connectivity index (χ0v) is 11.4. The van der Waals surface area contributed by atoms with Gasteiger partial charge in [-0.15, -0.1) is 0 Å². The smallest absolute Gasteiger partial charge is 0.219 e. The largest absolute Gasteiger partial charge is 0.481 e. The lowest BCUT2D eigenvalue weighted by atomic mass is 10.2. The monoisotopic (exact) mass is 224 g/mol. The van der Waals surface area contributed by atoms with Crippen molar-refractivity contribution in [2.45, 2.75) is 53.4 Å². The summed E-state index contributed by atoms with van der Waals surface area (Å²) in [5.74, 6) is 1.38. The summed E-state index contributed by atoms with van der Waals surface area (Å²) in [5, 5.41) is 0. The Morgan fingerprint density at radius 2 is 1.69 bits per heavy atom. The van der Waals surface area contributed by atoms with Gasteiger partial charge in [0.15, 0.2) is 0 Å². The van der Waals surface area contributed by atoms with Crippen LogP contribution in [0.5, 0.6) is 5.88 Å². The fourth-order valence-electron chi connectivity index (χ4n) is 1.42. The topological polar surface area (TPSA) is 35.0 Å². The molecule has 0 atom stereocenters. The Labute approximate surface area is 99.3 Å². The molecule has 1 aromatic heterocycles. The van der Waals surface area contributed by atoms with E-state index in [4.69, 9.17) is 4.74 Å². The van der Waals surface area contributed by atoms with Crippen molar-refractivity contribution in [2.24, 2.45) is 0 Å². The summed E-state index contributed by atoms with van der Waals surface area (Å²) in [7, 11) is 1.64. The molecular formula is C13H24N2O. The molecule has 1 heterocycles. The van der Waals surface area contributed by atoms with Gasteiger partial charge in [0.25, 0.3) is 0 Å². The number of aromatic nitrogens is 2. The second kappa shape index (κ2) is 8.08. The molecule has 1 fully saturated rings. The van der Waals surface area contributed by atoms with Crippen LogP contribution < -0.4 is 4.74 Å². The number of rotatable bonds is 2. The van der Waals surface area contributed by atoms with Gasteiger partial charge in [-0.2, -0.15) is 0 Å². The quantitative estimate of drug-likeness (QED) is 0.768. The summed E-state index contributed by atoms with van der Waals surface area (Å²) >= 11 is 0. The van der Waals surface area contributed by atoms with Crippen molar-refractivity contribution in [1.82, 2.24) is 9.97 Å². The van der Waals surface area contributed by atoms with Crippen LogP contribution in [0, 0.1) is 6.92 Å². The minimum absolute atomic E-state index is 0.668. The van der Waals surface area contributed by atoms with Gasteiger partial charge in [-0.3, -0.25) is 0 Å². The minimum atomic E-state index is 0.668. The van der Waals surface area contributed by atoms with Gasteiger partial charge in [0, 0.05) is 11.5 Å². The molecule has 1 aliphatic carbocycles. The van der Waals surface area contributed by atoms with E-state index < -0.39 is 0 Å². The Hall–Kier alpha value is -1.12. The highest BCUT2D eigenvalue weighted by molar-refractivity contribution is 5.32. The van der Waals surface area contributed by atoms with Gasteiger partial charge in [-0.05, 0) is 19.8 Å². The molecule has 1 aromatic rings. The molecule has 0 N–H and O–H groups in total. The summed E-state index contributed by atoms with van der Waals surface area (Å²) in [5.41, 5.74) is 2.27. The van der Waals surface area contributed by atoms with E-state index in [9.17, 15) is 0 Å². The summed E-state index contributed by atoms with van der Waals surface area (Å²) in [6.07, 6.45) is 4.11. The zero-order chi connectivity index (χ0) is 12.6. The fraction of sp³-hybridized carbons (Fsp3) is 0.692. The first-order chi connectivity index (χ1) is 7.83. The molecule has 3 heteroatoms. The molecule has 3 nitrogen and oxygen atoms in total. The van der Waals surface area contributed by atoms with Crippen LogP contribution in [0.1, 0.15) is 57.7 Å². The van der Waals surface area contributed by atoms with Crippen LogP contribution in [-0.4, -0.2) is 17.1 Å². The molecule has 2 rings (SSSR count). The van der Waals surface area contributed by atoms with Crippen LogP contribution in [-0.2, 0) is 0 Å². The Morgan fingerprint density at radius 1 is 1.12 bits per heavy atom. The maximum atomic E-state index is 5.11. The number of hydrogen-bond donors (Lipinski definition) is 0. The predicted molar refractivity (Wildman–Crippen MR) is 68.0 cm³/mol. The fourth-order valence-corrected chi connectivity index (χ4v) is 1.42. The average Bonchev–Trinajstić information content (AvgIpc) is 3.19. The maximum absolute atomic E-state index is 5.11. The second-order valence-electron chi connectivity index (χ2n) is 3.17. The molecule has 0 unspecified atom stereocenters. The third-order valence-corrected chi connectivity index (χ3v) is 2.23. The van der Waals surface area contributed by atoms with E-state index >= 15 is 0 Å². The summed E-state index contributed by atoms with van der Waals surface area (Å²) in [6.45, 7) is 10.0. The zero-order valence-electron chi connectivity index (χ0n) is 11.4. The van der Waals surface area contributed by atoms with Crippen LogP contribution in [0.4, 0.5) is 0 Å². The van der Waals surface area contributed by atoms with Crippen molar-refractivity contribution in [1.29, 1.82) is 0 Å². The lowest BCUT2D eigenvalue weighted by molar-refractivity contribution is 0.392. The number of methoxy groups -OCH3 is 1. The number of nitrogens with zero attached hydrogens (tertiary/aromatic N) is 2. The first-order valence-electron chi connectivity index (χ1n) is 6.18. The molecule has 0 aliphatic heterocycles. The molecule has 0 bridgehead atoms. The van der Waals surface area contributed by atoms with Crippen molar-refractivity contribution in [3.63, 3.8) is 0 Å². The Kier molecular flexibility index (Phi) is 7.52. The van der Waals surface area contributed by atoms with Gasteiger partial charge in [0.05, 0.1) is 12.8 Å². The van der Waals surface area contributed by atoms with Crippen molar-refractivity contribution in [2.75, 3.05) is 7.11 Å². The van der Waals surface area contributed by atoms with Gasteiger partial charge in [-0.1, -0.05) is 27.7 Å². The van der Waals surface area contributed by atoms with Crippen LogP contribution >= 0.6 is 0 Å². The molecule has 0 spiro atoms. The lowest BCUT2D eigenvalue weighted by Crippen LogP contribution is -1.98. The van der Waals surface area contributed by atoms with Crippen LogP contribution in [0.2, 0.25) is 0 Å². The van der Waals surface area contributed by atoms with Gasteiger partial charge >= 0.3 is 0 Å². The molecule has 0 radical (unpaired) electrons. The van der Waals surface area contributed by atoms with E-state index in [1.165, 1.54) is 18.5 Å². The molecule has 1 saturated carbocycles. The summed E-state index contributed by atoms with van der Waals surface area (Å²) in [6, 6.07) is 0. The van der Waals surface area contributed by atoms with Crippen LogP contribution in [0.25, 0.3) is 0 Å². The lowest BCUT2D eigenvalue weighted by Gasteiger charge is -2.05. The van der Waals surface area contributed by atoms with Gasteiger partial charge in [0.2, 0.25) is 5.88 Å². The Bertz CT molecular complexity index is 296. The third-order valence-electron chi connectivity index (χ3n) is 2.23. The maximum Gasteiger partial charge on any atom is 0.219 e. The van der Waals surface area contributed by atoms with Crippen LogP contribution in [0.15, 0.2) is 6.33 Å².